The van der Waals surface area contributed by atoms with Crippen LogP contribution in [0.4, 0.5) is 0 Å². The SMILES string of the molecule is C[C@@H]1[C@@H](CCO)C[C@H]2C[C@@H]1C2(C)C. The molecule has 3 aliphatic carbocycles. The van der Waals surface area contributed by atoms with E-state index in [1.54, 1.807) is 0 Å². The topological polar surface area (TPSA) is 20.2 Å². The van der Waals surface area contributed by atoms with Crippen molar-refractivity contribution in [1.29, 1.82) is 0 Å². The first-order valence-electron chi connectivity index (χ1n) is 5.68. The minimum absolute atomic E-state index is 0.384. The van der Waals surface area contributed by atoms with E-state index in [1.165, 1.54) is 12.8 Å². The maximum atomic E-state index is 8.97. The lowest BCUT2D eigenvalue weighted by molar-refractivity contribution is -0.131. The van der Waals surface area contributed by atoms with E-state index in [1.807, 2.05) is 0 Å². The number of hydrogen-bond donors (Lipinski definition) is 1. The first kappa shape index (κ1) is 9.51. The molecule has 2 bridgehead atoms. The molecule has 1 nitrogen and oxygen atoms in total. The first-order chi connectivity index (χ1) is 6.07. The van der Waals surface area contributed by atoms with E-state index < -0.39 is 0 Å². The van der Waals surface area contributed by atoms with Gasteiger partial charge in [-0.1, -0.05) is 20.8 Å². The van der Waals surface area contributed by atoms with Crippen molar-refractivity contribution in [2.75, 3.05) is 6.61 Å². The molecule has 0 radical (unpaired) electrons. The van der Waals surface area contributed by atoms with Crippen LogP contribution in [0.1, 0.15) is 40.0 Å². The minimum atomic E-state index is 0.384. The Morgan fingerprint density at radius 3 is 2.46 bits per heavy atom. The van der Waals surface area contributed by atoms with Crippen molar-refractivity contribution < 1.29 is 5.11 Å². The van der Waals surface area contributed by atoms with Crippen LogP contribution in [0, 0.1) is 29.1 Å². The number of fused-ring (bicyclic) bond motifs is 2. The van der Waals surface area contributed by atoms with Gasteiger partial charge in [0.15, 0.2) is 0 Å². The van der Waals surface area contributed by atoms with Gasteiger partial charge in [-0.15, -0.1) is 0 Å². The Morgan fingerprint density at radius 2 is 2.00 bits per heavy atom. The number of rotatable bonds is 2. The van der Waals surface area contributed by atoms with Crippen molar-refractivity contribution in [3.8, 4) is 0 Å². The molecule has 3 fully saturated rings. The van der Waals surface area contributed by atoms with Gasteiger partial charge in [0, 0.05) is 6.61 Å². The van der Waals surface area contributed by atoms with E-state index in [9.17, 15) is 0 Å². The fourth-order valence-corrected chi connectivity index (χ4v) is 3.80. The molecule has 0 aromatic heterocycles. The van der Waals surface area contributed by atoms with E-state index in [2.05, 4.69) is 20.8 Å². The number of aliphatic hydroxyl groups is 1. The maximum Gasteiger partial charge on any atom is 0.0433 e. The van der Waals surface area contributed by atoms with Crippen molar-refractivity contribution >= 4 is 0 Å². The molecule has 3 aliphatic rings. The van der Waals surface area contributed by atoms with E-state index in [-0.39, 0.29) is 0 Å². The highest BCUT2D eigenvalue weighted by Crippen LogP contribution is 2.63. The van der Waals surface area contributed by atoms with Gasteiger partial charge in [-0.25, -0.2) is 0 Å². The lowest BCUT2D eigenvalue weighted by atomic mass is 9.43. The highest BCUT2D eigenvalue weighted by atomic mass is 16.3. The van der Waals surface area contributed by atoms with Crippen LogP contribution in [-0.4, -0.2) is 11.7 Å². The van der Waals surface area contributed by atoms with Gasteiger partial charge in [0.25, 0.3) is 0 Å². The quantitative estimate of drug-likeness (QED) is 0.696. The van der Waals surface area contributed by atoms with Gasteiger partial charge in [-0.2, -0.15) is 0 Å². The van der Waals surface area contributed by atoms with Gasteiger partial charge in [0.1, 0.15) is 0 Å². The van der Waals surface area contributed by atoms with Crippen LogP contribution in [0.3, 0.4) is 0 Å². The summed E-state index contributed by atoms with van der Waals surface area (Å²) < 4.78 is 0. The third-order valence-electron chi connectivity index (χ3n) is 5.01. The zero-order valence-corrected chi connectivity index (χ0v) is 9.09. The zero-order chi connectivity index (χ0) is 9.64. The van der Waals surface area contributed by atoms with Crippen LogP contribution in [-0.2, 0) is 0 Å². The second-order valence-corrected chi connectivity index (χ2v) is 5.73. The summed E-state index contributed by atoms with van der Waals surface area (Å²) in [5.74, 6) is 3.53. The molecule has 13 heavy (non-hydrogen) atoms. The maximum absolute atomic E-state index is 8.97. The third-order valence-corrected chi connectivity index (χ3v) is 5.01. The highest BCUT2D eigenvalue weighted by molar-refractivity contribution is 5.04. The number of hydrogen-bond acceptors (Lipinski definition) is 1. The van der Waals surface area contributed by atoms with Crippen molar-refractivity contribution in [2.24, 2.45) is 29.1 Å². The summed E-state index contributed by atoms with van der Waals surface area (Å²) in [6, 6.07) is 0. The normalized spacial score (nSPS) is 47.1. The molecule has 76 valence electrons. The van der Waals surface area contributed by atoms with Gasteiger partial charge in [-0.3, -0.25) is 0 Å². The molecule has 0 amide bonds. The van der Waals surface area contributed by atoms with E-state index in [4.69, 9.17) is 5.11 Å². The van der Waals surface area contributed by atoms with Gasteiger partial charge in [0.05, 0.1) is 0 Å². The zero-order valence-electron chi connectivity index (χ0n) is 9.09. The molecule has 0 saturated heterocycles. The molecule has 1 N–H and O–H groups in total. The van der Waals surface area contributed by atoms with E-state index in [0.29, 0.717) is 12.0 Å². The van der Waals surface area contributed by atoms with Crippen molar-refractivity contribution in [3.63, 3.8) is 0 Å². The molecule has 3 saturated carbocycles. The molecule has 1 heteroatoms. The molecule has 3 rings (SSSR count). The molecule has 0 aliphatic heterocycles. The van der Waals surface area contributed by atoms with E-state index >= 15 is 0 Å². The summed E-state index contributed by atoms with van der Waals surface area (Å²) in [5, 5.41) is 8.97. The second-order valence-electron chi connectivity index (χ2n) is 5.73. The Labute approximate surface area is 81.5 Å². The van der Waals surface area contributed by atoms with Crippen molar-refractivity contribution in [3.05, 3.63) is 0 Å². The highest BCUT2D eigenvalue weighted by Gasteiger charge is 2.55. The van der Waals surface area contributed by atoms with Gasteiger partial charge < -0.3 is 5.11 Å². The lowest BCUT2D eigenvalue weighted by Crippen LogP contribution is -2.54. The Kier molecular flexibility index (Phi) is 2.18. The van der Waals surface area contributed by atoms with Gasteiger partial charge in [0.2, 0.25) is 0 Å². The molecular formula is C12H22O. The summed E-state index contributed by atoms with van der Waals surface area (Å²) in [5.41, 5.74) is 0.603. The Bertz CT molecular complexity index is 197. The Balaban J connectivity index is 2.03. The molecule has 0 aromatic rings. The molecule has 0 aromatic carbocycles. The molecule has 0 unspecified atom stereocenters. The van der Waals surface area contributed by atoms with Crippen LogP contribution >= 0.6 is 0 Å². The standard InChI is InChI=1S/C12H22O/c1-8-9(4-5-13)6-10-7-11(8)12(10,2)3/h8-11,13H,4-7H2,1-3H3/t8-,9+,10+,11+/m1/s1. The minimum Gasteiger partial charge on any atom is -0.396 e. The van der Waals surface area contributed by atoms with Crippen LogP contribution in [0.5, 0.6) is 0 Å². The molecule has 4 atom stereocenters. The summed E-state index contributed by atoms with van der Waals surface area (Å²) in [7, 11) is 0. The van der Waals surface area contributed by atoms with Crippen LogP contribution in [0.25, 0.3) is 0 Å². The summed E-state index contributed by atoms with van der Waals surface area (Å²) >= 11 is 0. The fourth-order valence-electron chi connectivity index (χ4n) is 3.80. The van der Waals surface area contributed by atoms with Gasteiger partial charge in [-0.05, 0) is 48.3 Å². The van der Waals surface area contributed by atoms with Crippen LogP contribution < -0.4 is 0 Å². The molecule has 0 heterocycles. The number of aliphatic hydroxyl groups excluding tert-OH is 1. The molecular weight excluding hydrogens is 160 g/mol. The smallest absolute Gasteiger partial charge is 0.0433 e. The summed E-state index contributed by atoms with van der Waals surface area (Å²) in [6.07, 6.45) is 3.85. The van der Waals surface area contributed by atoms with Crippen LogP contribution in [0.2, 0.25) is 0 Å². The third kappa shape index (κ3) is 1.24. The van der Waals surface area contributed by atoms with Crippen molar-refractivity contribution in [2.45, 2.75) is 40.0 Å². The van der Waals surface area contributed by atoms with Crippen LogP contribution in [0.15, 0.2) is 0 Å². The monoisotopic (exact) mass is 182 g/mol. The predicted octanol–water partition coefficient (Wildman–Crippen LogP) is 2.69. The average Bonchev–Trinajstić information content (AvgIpc) is 2.08. The van der Waals surface area contributed by atoms with E-state index in [0.717, 1.165) is 30.1 Å². The largest absolute Gasteiger partial charge is 0.396 e. The Morgan fingerprint density at radius 1 is 1.31 bits per heavy atom. The lowest BCUT2D eigenvalue weighted by Gasteiger charge is -2.62. The first-order valence-corrected chi connectivity index (χ1v) is 5.68. The van der Waals surface area contributed by atoms with Gasteiger partial charge >= 0.3 is 0 Å². The summed E-state index contributed by atoms with van der Waals surface area (Å²) in [6.45, 7) is 7.63. The predicted molar refractivity (Wildman–Crippen MR) is 54.4 cm³/mol. The molecule has 0 spiro atoms. The summed E-state index contributed by atoms with van der Waals surface area (Å²) in [4.78, 5) is 0. The fraction of sp³-hybridized carbons (Fsp3) is 1.00. The Hall–Kier alpha value is -0.0400. The van der Waals surface area contributed by atoms with Crippen molar-refractivity contribution in [1.82, 2.24) is 0 Å². The average molecular weight is 182 g/mol. The second kappa shape index (κ2) is 2.98.